The Kier molecular flexibility index (Phi) is 4.76. The van der Waals surface area contributed by atoms with Crippen LogP contribution in [0.1, 0.15) is 43.0 Å². The van der Waals surface area contributed by atoms with E-state index < -0.39 is 0 Å². The molecule has 0 aliphatic carbocycles. The Bertz CT molecular complexity index is 628. The van der Waals surface area contributed by atoms with Crippen LogP contribution in [0.25, 0.3) is 0 Å². The molecule has 6 heteroatoms. The van der Waals surface area contributed by atoms with Crippen molar-refractivity contribution < 1.29 is 19.4 Å². The van der Waals surface area contributed by atoms with Crippen molar-refractivity contribution in [2.75, 3.05) is 31.6 Å². The number of benzene rings is 1. The van der Waals surface area contributed by atoms with Gasteiger partial charge >= 0.3 is 0 Å². The summed E-state index contributed by atoms with van der Waals surface area (Å²) < 4.78 is 5.45. The maximum absolute atomic E-state index is 12.8. The summed E-state index contributed by atoms with van der Waals surface area (Å²) in [7, 11) is 0. The van der Waals surface area contributed by atoms with Crippen LogP contribution in [-0.2, 0) is 9.53 Å². The number of phenolic OH excluding ortho intramolecular Hbond substituents is 1. The van der Waals surface area contributed by atoms with E-state index in [4.69, 9.17) is 4.74 Å². The molecule has 2 aliphatic rings. The van der Waals surface area contributed by atoms with E-state index in [1.165, 1.54) is 19.1 Å². The number of nitrogens with zero attached hydrogens (tertiary/aromatic N) is 1. The predicted molar refractivity (Wildman–Crippen MR) is 90.0 cm³/mol. The molecule has 0 saturated carbocycles. The van der Waals surface area contributed by atoms with Crippen molar-refractivity contribution in [3.63, 3.8) is 0 Å². The first-order valence-corrected chi connectivity index (χ1v) is 8.47. The van der Waals surface area contributed by atoms with E-state index in [9.17, 15) is 14.7 Å². The molecule has 24 heavy (non-hydrogen) atoms. The van der Waals surface area contributed by atoms with Gasteiger partial charge in [0.25, 0.3) is 5.91 Å². The van der Waals surface area contributed by atoms with E-state index in [2.05, 4.69) is 5.32 Å². The highest BCUT2D eigenvalue weighted by Gasteiger charge is 2.37. The Morgan fingerprint density at radius 3 is 2.46 bits per heavy atom. The summed E-state index contributed by atoms with van der Waals surface area (Å²) in [5.74, 6) is -0.444. The number of phenols is 1. The number of carbonyl (C=O) groups excluding carboxylic acids is 2. The number of hydrogen-bond acceptors (Lipinski definition) is 4. The molecule has 0 unspecified atom stereocenters. The molecule has 2 N–H and O–H groups in total. The lowest BCUT2D eigenvalue weighted by molar-refractivity contribution is -0.114. The zero-order chi connectivity index (χ0) is 17.2. The number of hydrogen-bond donors (Lipinski definition) is 2. The Morgan fingerprint density at radius 2 is 1.83 bits per heavy atom. The minimum atomic E-state index is -0.210. The molecule has 2 saturated heterocycles. The van der Waals surface area contributed by atoms with Gasteiger partial charge in [0.1, 0.15) is 5.75 Å². The molecule has 1 spiro atoms. The molecule has 0 bridgehead atoms. The fourth-order valence-electron chi connectivity index (χ4n) is 3.65. The highest BCUT2D eigenvalue weighted by molar-refractivity contribution is 5.99. The normalized spacial score (nSPS) is 20.0. The van der Waals surface area contributed by atoms with Gasteiger partial charge in [-0.05, 0) is 49.3 Å². The monoisotopic (exact) mass is 332 g/mol. The van der Waals surface area contributed by atoms with Gasteiger partial charge in [0.2, 0.25) is 5.91 Å². The molecule has 0 aromatic heterocycles. The van der Waals surface area contributed by atoms with E-state index in [0.29, 0.717) is 24.2 Å². The van der Waals surface area contributed by atoms with Crippen molar-refractivity contribution in [2.45, 2.75) is 32.6 Å². The van der Waals surface area contributed by atoms with Crippen LogP contribution < -0.4 is 5.32 Å². The van der Waals surface area contributed by atoms with Crippen molar-refractivity contribution >= 4 is 17.5 Å². The Morgan fingerprint density at radius 1 is 1.17 bits per heavy atom. The third-order valence-electron chi connectivity index (χ3n) is 5.21. The Labute approximate surface area is 141 Å². The lowest BCUT2D eigenvalue weighted by Gasteiger charge is -2.44. The largest absolute Gasteiger partial charge is 0.507 e. The van der Waals surface area contributed by atoms with E-state index in [1.54, 1.807) is 11.0 Å². The average molecular weight is 332 g/mol. The summed E-state index contributed by atoms with van der Waals surface area (Å²) in [6.45, 7) is 4.43. The van der Waals surface area contributed by atoms with Crippen LogP contribution in [0.3, 0.4) is 0 Å². The summed E-state index contributed by atoms with van der Waals surface area (Å²) in [5.41, 5.74) is 1.07. The van der Waals surface area contributed by atoms with Crippen molar-refractivity contribution in [2.24, 2.45) is 5.41 Å². The molecule has 130 valence electrons. The van der Waals surface area contributed by atoms with Gasteiger partial charge < -0.3 is 20.1 Å². The molecule has 1 aromatic carbocycles. The second-order valence-electron chi connectivity index (χ2n) is 6.82. The fraction of sp³-hybridized carbons (Fsp3) is 0.556. The van der Waals surface area contributed by atoms with Crippen LogP contribution in [0, 0.1) is 5.41 Å². The average Bonchev–Trinajstić information content (AvgIpc) is 2.57. The van der Waals surface area contributed by atoms with Crippen LogP contribution in [0.15, 0.2) is 18.2 Å². The Hall–Kier alpha value is -2.08. The number of piperidine rings is 1. The molecule has 3 rings (SSSR count). The number of anilines is 1. The van der Waals surface area contributed by atoms with E-state index >= 15 is 0 Å². The summed E-state index contributed by atoms with van der Waals surface area (Å²) in [6, 6.07) is 4.57. The minimum absolute atomic E-state index is 0.0551. The number of ether oxygens (including phenoxy) is 1. The molecule has 2 amide bonds. The third kappa shape index (κ3) is 3.53. The number of amides is 2. The van der Waals surface area contributed by atoms with Crippen molar-refractivity contribution in [1.29, 1.82) is 0 Å². The molecular weight excluding hydrogens is 308 g/mol. The standard InChI is InChI=1S/C18H24N2O4/c1-13(21)19-14-2-3-16(22)15(12-14)17(23)20-8-4-18(5-9-20)6-10-24-11-7-18/h2-3,12,22H,4-11H2,1H3,(H,19,21). The van der Waals surface area contributed by atoms with Gasteiger partial charge in [-0.1, -0.05) is 0 Å². The van der Waals surface area contributed by atoms with E-state index in [0.717, 1.165) is 38.9 Å². The predicted octanol–water partition coefficient (Wildman–Crippen LogP) is 2.38. The van der Waals surface area contributed by atoms with Crippen LogP contribution in [-0.4, -0.2) is 48.1 Å². The first-order valence-electron chi connectivity index (χ1n) is 8.47. The molecular formula is C18H24N2O4. The fourth-order valence-corrected chi connectivity index (χ4v) is 3.65. The summed E-state index contributed by atoms with van der Waals surface area (Å²) in [6.07, 6.45) is 4.10. The van der Waals surface area contributed by atoms with Gasteiger partial charge in [-0.3, -0.25) is 9.59 Å². The first kappa shape index (κ1) is 16.8. The SMILES string of the molecule is CC(=O)Nc1ccc(O)c(C(=O)N2CCC3(CCOCC3)CC2)c1. The molecule has 2 fully saturated rings. The zero-order valence-electron chi connectivity index (χ0n) is 14.0. The van der Waals surface area contributed by atoms with Gasteiger partial charge in [-0.25, -0.2) is 0 Å². The van der Waals surface area contributed by atoms with Gasteiger partial charge in [0.05, 0.1) is 5.56 Å². The van der Waals surface area contributed by atoms with Gasteiger partial charge in [0.15, 0.2) is 0 Å². The van der Waals surface area contributed by atoms with Crippen molar-refractivity contribution in [3.8, 4) is 5.75 Å². The van der Waals surface area contributed by atoms with E-state index in [1.807, 2.05) is 0 Å². The zero-order valence-corrected chi connectivity index (χ0v) is 14.0. The molecule has 6 nitrogen and oxygen atoms in total. The number of carbonyl (C=O) groups is 2. The maximum Gasteiger partial charge on any atom is 0.257 e. The second-order valence-corrected chi connectivity index (χ2v) is 6.82. The van der Waals surface area contributed by atoms with E-state index in [-0.39, 0.29) is 23.1 Å². The van der Waals surface area contributed by atoms with Gasteiger partial charge in [-0.2, -0.15) is 0 Å². The molecule has 1 aromatic rings. The summed E-state index contributed by atoms with van der Waals surface area (Å²) in [5, 5.41) is 12.7. The minimum Gasteiger partial charge on any atom is -0.507 e. The smallest absolute Gasteiger partial charge is 0.257 e. The number of aromatic hydroxyl groups is 1. The van der Waals surface area contributed by atoms with Crippen molar-refractivity contribution in [3.05, 3.63) is 23.8 Å². The number of nitrogens with one attached hydrogen (secondary N) is 1. The van der Waals surface area contributed by atoms with Crippen LogP contribution >= 0.6 is 0 Å². The Balaban J connectivity index is 1.70. The summed E-state index contributed by atoms with van der Waals surface area (Å²) in [4.78, 5) is 25.7. The molecule has 0 atom stereocenters. The highest BCUT2D eigenvalue weighted by atomic mass is 16.5. The van der Waals surface area contributed by atoms with Crippen LogP contribution in [0.4, 0.5) is 5.69 Å². The first-order chi connectivity index (χ1) is 11.5. The topological polar surface area (TPSA) is 78.9 Å². The lowest BCUT2D eigenvalue weighted by atomic mass is 9.72. The summed E-state index contributed by atoms with van der Waals surface area (Å²) >= 11 is 0. The molecule has 0 radical (unpaired) electrons. The van der Waals surface area contributed by atoms with Gasteiger partial charge in [0, 0.05) is 38.9 Å². The quantitative estimate of drug-likeness (QED) is 0.815. The second kappa shape index (κ2) is 6.81. The molecule has 2 aliphatic heterocycles. The number of likely N-dealkylation sites (tertiary alicyclic amines) is 1. The van der Waals surface area contributed by atoms with Crippen LogP contribution in [0.5, 0.6) is 5.75 Å². The highest BCUT2D eigenvalue weighted by Crippen LogP contribution is 2.41. The van der Waals surface area contributed by atoms with Crippen molar-refractivity contribution in [1.82, 2.24) is 4.90 Å². The van der Waals surface area contributed by atoms with Crippen LogP contribution in [0.2, 0.25) is 0 Å². The third-order valence-corrected chi connectivity index (χ3v) is 5.21. The molecule has 2 heterocycles. The maximum atomic E-state index is 12.8. The van der Waals surface area contributed by atoms with Gasteiger partial charge in [-0.15, -0.1) is 0 Å². The lowest BCUT2D eigenvalue weighted by Crippen LogP contribution is -2.45. The number of rotatable bonds is 2.